The number of rotatable bonds is 4. The van der Waals surface area contributed by atoms with Crippen molar-refractivity contribution in [2.75, 3.05) is 10.2 Å². The summed E-state index contributed by atoms with van der Waals surface area (Å²) in [6, 6.07) is 20.6. The molecule has 2 atom stereocenters. The summed E-state index contributed by atoms with van der Waals surface area (Å²) in [4.78, 5) is 42.4. The average Bonchev–Trinajstić information content (AvgIpc) is 3.27. The Labute approximate surface area is 204 Å². The van der Waals surface area contributed by atoms with E-state index in [0.717, 1.165) is 5.56 Å². The molecule has 3 aromatic rings. The molecule has 2 aliphatic heterocycles. The van der Waals surface area contributed by atoms with Crippen molar-refractivity contribution in [2.45, 2.75) is 44.4 Å². The number of imide groups is 1. The van der Waals surface area contributed by atoms with E-state index in [1.165, 1.54) is 17.0 Å². The monoisotopic (exact) mass is 470 g/mol. The van der Waals surface area contributed by atoms with Gasteiger partial charge in [0.25, 0.3) is 0 Å². The van der Waals surface area contributed by atoms with Crippen molar-refractivity contribution in [3.05, 3.63) is 95.3 Å². The van der Waals surface area contributed by atoms with Gasteiger partial charge in [-0.3, -0.25) is 14.4 Å². The predicted octanol–water partition coefficient (Wildman–Crippen LogP) is 5.14. The third kappa shape index (κ3) is 3.64. The first-order valence-corrected chi connectivity index (χ1v) is 11.7. The van der Waals surface area contributed by atoms with Gasteiger partial charge in [-0.15, -0.1) is 0 Å². The van der Waals surface area contributed by atoms with E-state index in [9.17, 15) is 18.8 Å². The van der Waals surface area contributed by atoms with Crippen LogP contribution in [-0.4, -0.2) is 17.7 Å². The van der Waals surface area contributed by atoms with Crippen LogP contribution in [0.2, 0.25) is 0 Å². The molecule has 0 bridgehead atoms. The minimum Gasteiger partial charge on any atom is -0.325 e. The Morgan fingerprint density at radius 3 is 2.31 bits per heavy atom. The van der Waals surface area contributed by atoms with Crippen molar-refractivity contribution in [3.8, 4) is 0 Å². The summed E-state index contributed by atoms with van der Waals surface area (Å²) in [5.41, 5.74) is 1.89. The number of hydrogen-bond donors (Lipinski definition) is 1. The molecule has 0 spiro atoms. The molecule has 1 N–H and O–H groups in total. The van der Waals surface area contributed by atoms with Gasteiger partial charge < -0.3 is 5.32 Å². The molecule has 6 heteroatoms. The summed E-state index contributed by atoms with van der Waals surface area (Å²) in [7, 11) is 0. The highest BCUT2D eigenvalue weighted by molar-refractivity contribution is 6.24. The first-order chi connectivity index (χ1) is 16.6. The molecule has 0 unspecified atom stereocenters. The number of carbonyl (C=O) groups excluding carboxylic acids is 3. The fourth-order valence-corrected chi connectivity index (χ4v) is 5.48. The van der Waals surface area contributed by atoms with Crippen LogP contribution >= 0.6 is 0 Å². The Kier molecular flexibility index (Phi) is 5.35. The third-order valence-electron chi connectivity index (χ3n) is 7.15. The van der Waals surface area contributed by atoms with E-state index in [1.54, 1.807) is 24.3 Å². The molecule has 2 aliphatic rings. The van der Waals surface area contributed by atoms with Gasteiger partial charge in [0.05, 0.1) is 17.0 Å². The van der Waals surface area contributed by atoms with Gasteiger partial charge in [0.2, 0.25) is 17.7 Å². The normalized spacial score (nSPS) is 21.9. The predicted molar refractivity (Wildman–Crippen MR) is 133 cm³/mol. The summed E-state index contributed by atoms with van der Waals surface area (Å²) in [6.45, 7) is 6.10. The van der Waals surface area contributed by atoms with Crippen LogP contribution < -0.4 is 10.2 Å². The Bertz CT molecular complexity index is 1340. The van der Waals surface area contributed by atoms with Crippen LogP contribution in [0, 0.1) is 11.7 Å². The zero-order valence-corrected chi connectivity index (χ0v) is 20.0. The molecule has 178 valence electrons. The van der Waals surface area contributed by atoms with Crippen LogP contribution in [-0.2, 0) is 31.6 Å². The molecule has 1 fully saturated rings. The first-order valence-electron chi connectivity index (χ1n) is 11.7. The van der Waals surface area contributed by atoms with E-state index >= 15 is 0 Å². The highest BCUT2D eigenvalue weighted by Crippen LogP contribution is 2.50. The molecule has 0 radical (unpaired) electrons. The number of fused-ring (bicyclic) bond motifs is 1. The number of nitrogens with one attached hydrogen (secondary N) is 1. The largest absolute Gasteiger partial charge is 0.325 e. The van der Waals surface area contributed by atoms with Crippen LogP contribution in [0.4, 0.5) is 15.8 Å². The molecule has 3 aromatic carbocycles. The number of para-hydroxylation sites is 2. The molecule has 0 aromatic heterocycles. The fraction of sp³-hybridized carbons (Fsp3) is 0.276. The minimum absolute atomic E-state index is 0.0831. The summed E-state index contributed by atoms with van der Waals surface area (Å²) >= 11 is 0. The maximum Gasteiger partial charge on any atom is 0.238 e. The van der Waals surface area contributed by atoms with Gasteiger partial charge in [-0.1, -0.05) is 69.3 Å². The SMILES string of the molecule is CC(C)(C)c1ccccc1N1C(=O)C[C@H]([C@@]2(Cc3ccc(F)cc3)C(=O)Nc3ccccc32)C1=O. The fourth-order valence-electron chi connectivity index (χ4n) is 5.48. The van der Waals surface area contributed by atoms with Gasteiger partial charge in [-0.2, -0.15) is 0 Å². The first kappa shape index (κ1) is 23.0. The molecule has 0 saturated carbocycles. The quantitative estimate of drug-likeness (QED) is 0.537. The molecule has 5 nitrogen and oxygen atoms in total. The summed E-state index contributed by atoms with van der Waals surface area (Å²) in [6.07, 6.45) is 0.0921. The van der Waals surface area contributed by atoms with Gasteiger partial charge in [0.1, 0.15) is 5.82 Å². The van der Waals surface area contributed by atoms with Crippen LogP contribution in [0.15, 0.2) is 72.8 Å². The number of halogens is 1. The Hall–Kier alpha value is -3.80. The molecule has 35 heavy (non-hydrogen) atoms. The van der Waals surface area contributed by atoms with Gasteiger partial charge >= 0.3 is 0 Å². The molecule has 3 amide bonds. The molecular weight excluding hydrogens is 443 g/mol. The lowest BCUT2D eigenvalue weighted by atomic mass is 9.66. The number of amides is 3. The van der Waals surface area contributed by atoms with Crippen molar-refractivity contribution in [2.24, 2.45) is 5.92 Å². The maximum atomic E-state index is 14.1. The minimum atomic E-state index is -1.29. The topological polar surface area (TPSA) is 66.5 Å². The van der Waals surface area contributed by atoms with Crippen molar-refractivity contribution < 1.29 is 18.8 Å². The van der Waals surface area contributed by atoms with Crippen molar-refractivity contribution >= 4 is 29.1 Å². The Balaban J connectivity index is 1.64. The van der Waals surface area contributed by atoms with Crippen LogP contribution in [0.5, 0.6) is 0 Å². The third-order valence-corrected chi connectivity index (χ3v) is 7.15. The van der Waals surface area contributed by atoms with E-state index in [4.69, 9.17) is 0 Å². The molecule has 5 rings (SSSR count). The summed E-state index contributed by atoms with van der Waals surface area (Å²) in [5, 5.41) is 2.93. The molecule has 0 aliphatic carbocycles. The molecular formula is C29H27FN2O3. The molecule has 1 saturated heterocycles. The van der Waals surface area contributed by atoms with Crippen molar-refractivity contribution in [1.82, 2.24) is 0 Å². The zero-order valence-electron chi connectivity index (χ0n) is 20.0. The average molecular weight is 471 g/mol. The van der Waals surface area contributed by atoms with Crippen LogP contribution in [0.25, 0.3) is 0 Å². The van der Waals surface area contributed by atoms with Crippen LogP contribution in [0.1, 0.15) is 43.9 Å². The summed E-state index contributed by atoms with van der Waals surface area (Å²) in [5.74, 6) is -2.30. The zero-order chi connectivity index (χ0) is 25.0. The van der Waals surface area contributed by atoms with Gasteiger partial charge in [-0.25, -0.2) is 9.29 Å². The lowest BCUT2D eigenvalue weighted by Crippen LogP contribution is -2.47. The lowest BCUT2D eigenvalue weighted by molar-refractivity contribution is -0.130. The number of carbonyl (C=O) groups is 3. The molecule has 2 heterocycles. The lowest BCUT2D eigenvalue weighted by Gasteiger charge is -2.33. The number of anilines is 2. The van der Waals surface area contributed by atoms with Gasteiger partial charge in [0.15, 0.2) is 0 Å². The van der Waals surface area contributed by atoms with Crippen molar-refractivity contribution in [1.29, 1.82) is 0 Å². The Morgan fingerprint density at radius 1 is 0.943 bits per heavy atom. The van der Waals surface area contributed by atoms with E-state index < -0.39 is 11.3 Å². The highest BCUT2D eigenvalue weighted by atomic mass is 19.1. The van der Waals surface area contributed by atoms with E-state index in [1.807, 2.05) is 57.2 Å². The second-order valence-electron chi connectivity index (χ2n) is 10.4. The Morgan fingerprint density at radius 2 is 1.60 bits per heavy atom. The number of benzene rings is 3. The maximum absolute atomic E-state index is 14.1. The van der Waals surface area contributed by atoms with Gasteiger partial charge in [0, 0.05) is 12.1 Å². The van der Waals surface area contributed by atoms with Crippen LogP contribution in [0.3, 0.4) is 0 Å². The second-order valence-corrected chi connectivity index (χ2v) is 10.4. The van der Waals surface area contributed by atoms with E-state index in [-0.39, 0.29) is 41.8 Å². The highest BCUT2D eigenvalue weighted by Gasteiger charge is 2.59. The number of nitrogens with zero attached hydrogens (tertiary/aromatic N) is 1. The number of hydrogen-bond acceptors (Lipinski definition) is 3. The van der Waals surface area contributed by atoms with Crippen molar-refractivity contribution in [3.63, 3.8) is 0 Å². The smallest absolute Gasteiger partial charge is 0.238 e. The van der Waals surface area contributed by atoms with E-state index in [0.29, 0.717) is 22.5 Å². The van der Waals surface area contributed by atoms with Gasteiger partial charge in [-0.05, 0) is 52.8 Å². The summed E-state index contributed by atoms with van der Waals surface area (Å²) < 4.78 is 13.6. The second kappa shape index (κ2) is 8.15. The van der Waals surface area contributed by atoms with E-state index in [2.05, 4.69) is 5.32 Å². The standard InChI is InChI=1S/C29H27FN2O3/c1-28(2,3)21-9-5-7-11-24(21)32-25(33)16-22(26(32)34)29(17-18-12-14-19(30)15-13-18)20-8-4-6-10-23(20)31-27(29)35/h4-15,22H,16-17H2,1-3H3,(H,31,35)/t22-,29-/m0/s1.